The zero-order valence-corrected chi connectivity index (χ0v) is 12.3. The second-order valence-corrected chi connectivity index (χ2v) is 5.61. The van der Waals surface area contributed by atoms with Crippen molar-refractivity contribution in [1.29, 1.82) is 0 Å². The van der Waals surface area contributed by atoms with E-state index in [1.807, 2.05) is 20.8 Å². The molecule has 0 aliphatic rings. The van der Waals surface area contributed by atoms with E-state index < -0.39 is 0 Å². The molecule has 4 heteroatoms. The summed E-state index contributed by atoms with van der Waals surface area (Å²) in [6.07, 6.45) is 0. The zero-order chi connectivity index (χ0) is 13.7. The number of thioether (sulfide) groups is 1. The molecule has 0 radical (unpaired) electrons. The minimum atomic E-state index is -0.128. The molecule has 0 saturated heterocycles. The van der Waals surface area contributed by atoms with Gasteiger partial charge in [0, 0.05) is 11.9 Å². The molecule has 0 heterocycles. The summed E-state index contributed by atoms with van der Waals surface area (Å²) in [5.74, 6) is 0.452. The van der Waals surface area contributed by atoms with Gasteiger partial charge in [-0.3, -0.25) is 4.79 Å². The highest BCUT2D eigenvalue weighted by molar-refractivity contribution is 8.00. The summed E-state index contributed by atoms with van der Waals surface area (Å²) >= 11 is 1.55. The van der Waals surface area contributed by atoms with Crippen molar-refractivity contribution in [2.45, 2.75) is 31.7 Å². The highest BCUT2D eigenvalue weighted by Crippen LogP contribution is 2.23. The Labute approximate surface area is 113 Å². The molecule has 0 spiro atoms. The number of aliphatic hydroxyl groups is 1. The number of benzene rings is 1. The number of nitrogens with zero attached hydrogens (tertiary/aromatic N) is 1. The Kier molecular flexibility index (Phi) is 5.69. The predicted octanol–water partition coefficient (Wildman–Crippen LogP) is 2.23. The van der Waals surface area contributed by atoms with Crippen molar-refractivity contribution in [2.24, 2.45) is 0 Å². The maximum atomic E-state index is 11.9. The first kappa shape index (κ1) is 15.1. The second kappa shape index (κ2) is 6.81. The van der Waals surface area contributed by atoms with Crippen molar-refractivity contribution >= 4 is 17.7 Å². The van der Waals surface area contributed by atoms with Gasteiger partial charge in [-0.1, -0.05) is 17.7 Å². The fourth-order valence-corrected chi connectivity index (χ4v) is 2.52. The van der Waals surface area contributed by atoms with E-state index in [-0.39, 0.29) is 18.6 Å². The van der Waals surface area contributed by atoms with Crippen LogP contribution in [0.4, 0.5) is 0 Å². The summed E-state index contributed by atoms with van der Waals surface area (Å²) in [5, 5.41) is 9.02. The van der Waals surface area contributed by atoms with Crippen molar-refractivity contribution < 1.29 is 9.90 Å². The third-order valence-electron chi connectivity index (χ3n) is 3.01. The molecule has 0 aliphatic heterocycles. The molecule has 18 heavy (non-hydrogen) atoms. The predicted molar refractivity (Wildman–Crippen MR) is 76.0 cm³/mol. The van der Waals surface area contributed by atoms with Crippen LogP contribution in [0.15, 0.2) is 23.1 Å². The van der Waals surface area contributed by atoms with Crippen LogP contribution in [0.25, 0.3) is 0 Å². The average Bonchev–Trinajstić information content (AvgIpc) is 2.37. The van der Waals surface area contributed by atoms with E-state index in [1.54, 1.807) is 23.7 Å². The largest absolute Gasteiger partial charge is 0.394 e. The third kappa shape index (κ3) is 4.03. The topological polar surface area (TPSA) is 40.5 Å². The van der Waals surface area contributed by atoms with Crippen molar-refractivity contribution in [3.8, 4) is 0 Å². The van der Waals surface area contributed by atoms with Crippen LogP contribution in [0.1, 0.15) is 18.1 Å². The molecule has 3 nitrogen and oxygen atoms in total. The standard InChI is InChI=1S/C14H21NO2S/c1-10-5-6-11(2)13(7-10)18-9-14(17)15(4)12(3)8-16/h5-7,12,16H,8-9H2,1-4H3. The molecule has 0 saturated carbocycles. The number of amides is 1. The molecule has 0 bridgehead atoms. The van der Waals surface area contributed by atoms with Crippen molar-refractivity contribution in [2.75, 3.05) is 19.4 Å². The molecule has 1 N–H and O–H groups in total. The fraction of sp³-hybridized carbons (Fsp3) is 0.500. The average molecular weight is 267 g/mol. The lowest BCUT2D eigenvalue weighted by molar-refractivity contribution is -0.129. The molecule has 1 unspecified atom stereocenters. The first-order valence-electron chi connectivity index (χ1n) is 6.02. The molecule has 1 amide bonds. The van der Waals surface area contributed by atoms with E-state index >= 15 is 0 Å². The number of carbonyl (C=O) groups excluding carboxylic acids is 1. The summed E-state index contributed by atoms with van der Waals surface area (Å²) in [6, 6.07) is 6.11. The lowest BCUT2D eigenvalue weighted by Crippen LogP contribution is -2.38. The molecule has 1 aromatic rings. The van der Waals surface area contributed by atoms with Crippen LogP contribution in [0.2, 0.25) is 0 Å². The second-order valence-electron chi connectivity index (χ2n) is 4.59. The maximum absolute atomic E-state index is 11.9. The Morgan fingerprint density at radius 3 is 2.72 bits per heavy atom. The van der Waals surface area contributed by atoms with E-state index in [0.717, 1.165) is 4.90 Å². The highest BCUT2D eigenvalue weighted by Gasteiger charge is 2.15. The number of hydrogen-bond donors (Lipinski definition) is 1. The van der Waals surface area contributed by atoms with E-state index in [4.69, 9.17) is 5.11 Å². The van der Waals surface area contributed by atoms with Crippen molar-refractivity contribution in [1.82, 2.24) is 4.90 Å². The number of hydrogen-bond acceptors (Lipinski definition) is 3. The molecule has 1 atom stereocenters. The molecule has 1 aromatic carbocycles. The van der Waals surface area contributed by atoms with Crippen LogP contribution in [-0.2, 0) is 4.79 Å². The SMILES string of the molecule is Cc1ccc(C)c(SCC(=O)N(C)C(C)CO)c1. The molecule has 0 aliphatic carbocycles. The van der Waals surface area contributed by atoms with Crippen molar-refractivity contribution in [3.05, 3.63) is 29.3 Å². The highest BCUT2D eigenvalue weighted by atomic mass is 32.2. The zero-order valence-electron chi connectivity index (χ0n) is 11.4. The Balaban J connectivity index is 2.60. The van der Waals surface area contributed by atoms with Crippen LogP contribution in [0, 0.1) is 13.8 Å². The molecule has 0 aromatic heterocycles. The molecule has 1 rings (SSSR count). The fourth-order valence-electron chi connectivity index (χ4n) is 1.47. The van der Waals surface area contributed by atoms with E-state index in [9.17, 15) is 4.79 Å². The van der Waals surface area contributed by atoms with Gasteiger partial charge < -0.3 is 10.0 Å². The quantitative estimate of drug-likeness (QED) is 0.832. The Bertz CT molecular complexity index is 420. The monoisotopic (exact) mass is 267 g/mol. The number of aliphatic hydroxyl groups excluding tert-OH is 1. The van der Waals surface area contributed by atoms with Gasteiger partial charge in [-0.2, -0.15) is 0 Å². The summed E-state index contributed by atoms with van der Waals surface area (Å²) in [6.45, 7) is 5.93. The van der Waals surface area contributed by atoms with Crippen LogP contribution in [0.5, 0.6) is 0 Å². The van der Waals surface area contributed by atoms with Gasteiger partial charge in [0.1, 0.15) is 0 Å². The lowest BCUT2D eigenvalue weighted by Gasteiger charge is -2.23. The van der Waals surface area contributed by atoms with Gasteiger partial charge in [0.05, 0.1) is 18.4 Å². The summed E-state index contributed by atoms with van der Waals surface area (Å²) in [7, 11) is 1.73. The van der Waals surface area contributed by atoms with Crippen LogP contribution < -0.4 is 0 Å². The molecular weight excluding hydrogens is 246 g/mol. The number of likely N-dealkylation sites (N-methyl/N-ethyl adjacent to an activating group) is 1. The number of aryl methyl sites for hydroxylation is 2. The third-order valence-corrected chi connectivity index (χ3v) is 4.16. The minimum Gasteiger partial charge on any atom is -0.394 e. The summed E-state index contributed by atoms with van der Waals surface area (Å²) in [4.78, 5) is 14.6. The number of rotatable bonds is 5. The Hall–Kier alpha value is -1.00. The maximum Gasteiger partial charge on any atom is 0.232 e. The minimum absolute atomic E-state index is 0.00359. The van der Waals surface area contributed by atoms with Crippen LogP contribution >= 0.6 is 11.8 Å². The first-order chi connectivity index (χ1) is 8.45. The molecule has 100 valence electrons. The van der Waals surface area contributed by atoms with Gasteiger partial charge in [0.15, 0.2) is 0 Å². The first-order valence-corrected chi connectivity index (χ1v) is 7.00. The smallest absolute Gasteiger partial charge is 0.232 e. The lowest BCUT2D eigenvalue weighted by atomic mass is 10.2. The number of carbonyl (C=O) groups is 1. The van der Waals surface area contributed by atoms with Crippen LogP contribution in [0.3, 0.4) is 0 Å². The molecule has 0 fully saturated rings. The van der Waals surface area contributed by atoms with E-state index in [2.05, 4.69) is 18.2 Å². The van der Waals surface area contributed by atoms with Gasteiger partial charge in [-0.05, 0) is 32.4 Å². The summed E-state index contributed by atoms with van der Waals surface area (Å²) < 4.78 is 0. The normalized spacial score (nSPS) is 12.3. The Morgan fingerprint density at radius 1 is 1.44 bits per heavy atom. The van der Waals surface area contributed by atoms with Gasteiger partial charge in [-0.25, -0.2) is 0 Å². The summed E-state index contributed by atoms with van der Waals surface area (Å²) in [5.41, 5.74) is 2.39. The van der Waals surface area contributed by atoms with Crippen molar-refractivity contribution in [3.63, 3.8) is 0 Å². The Morgan fingerprint density at radius 2 is 2.11 bits per heavy atom. The molecular formula is C14H21NO2S. The van der Waals surface area contributed by atoms with Gasteiger partial charge in [-0.15, -0.1) is 11.8 Å². The van der Waals surface area contributed by atoms with E-state index in [0.29, 0.717) is 5.75 Å². The van der Waals surface area contributed by atoms with E-state index in [1.165, 1.54) is 11.1 Å². The van der Waals surface area contributed by atoms with Gasteiger partial charge >= 0.3 is 0 Å². The van der Waals surface area contributed by atoms with Gasteiger partial charge in [0.2, 0.25) is 5.91 Å². The van der Waals surface area contributed by atoms with Crippen LogP contribution in [-0.4, -0.2) is 41.4 Å². The van der Waals surface area contributed by atoms with Gasteiger partial charge in [0.25, 0.3) is 0 Å².